The Hall–Kier alpha value is -3.51. The molecule has 198 valence electrons. The smallest absolute Gasteiger partial charge is 0.349 e. The van der Waals surface area contributed by atoms with Crippen LogP contribution in [0.2, 0.25) is 10.0 Å². The molecule has 2 fully saturated rings. The molecule has 0 saturated heterocycles. The Morgan fingerprint density at radius 1 is 1.24 bits per heavy atom. The number of hydrogen-bond donors (Lipinski definition) is 3. The first-order valence-electron chi connectivity index (χ1n) is 10.8. The van der Waals surface area contributed by atoms with Gasteiger partial charge in [0.2, 0.25) is 10.0 Å². The molecule has 5 rings (SSSR count). The van der Waals surface area contributed by atoms with E-state index in [1.807, 2.05) is 0 Å². The molecule has 0 radical (unpaired) electrons. The molecule has 16 heteroatoms. The maximum absolute atomic E-state index is 13.1. The first-order chi connectivity index (χ1) is 17.8. The zero-order valence-electron chi connectivity index (χ0n) is 18.8. The number of nitrogens with zero attached hydrogens (tertiary/aromatic N) is 3. The van der Waals surface area contributed by atoms with Crippen LogP contribution < -0.4 is 20.7 Å². The molecule has 0 bridgehead atoms. The molecular weight excluding hydrogens is 571 g/mol. The van der Waals surface area contributed by atoms with Gasteiger partial charge in [-0.15, -0.1) is 0 Å². The van der Waals surface area contributed by atoms with Gasteiger partial charge in [0.05, 0.1) is 27.2 Å². The summed E-state index contributed by atoms with van der Waals surface area (Å²) in [4.78, 5) is 24.9. The summed E-state index contributed by atoms with van der Waals surface area (Å²) in [6.07, 6.45) is -2.26. The van der Waals surface area contributed by atoms with Crippen LogP contribution in [-0.2, 0) is 10.0 Å². The second-order valence-corrected chi connectivity index (χ2v) is 11.3. The van der Waals surface area contributed by atoms with Gasteiger partial charge in [0.15, 0.2) is 11.4 Å². The van der Waals surface area contributed by atoms with Crippen molar-refractivity contribution >= 4 is 33.2 Å². The number of nitrogens with one attached hydrogen (secondary N) is 2. The molecule has 0 amide bonds. The third-order valence-electron chi connectivity index (χ3n) is 6.46. The van der Waals surface area contributed by atoms with E-state index in [0.717, 1.165) is 24.3 Å². The zero-order valence-corrected chi connectivity index (χ0v) is 21.1. The number of phenolic OH excluding ortho intramolecular Hbond substituents is 1. The largest absolute Gasteiger partial charge is 0.507 e. The SMILES string of the molecule is N#CC12CC(NS(=O)(=O)c3cc(Oc4c(Cl)cc(-n5nc(C(F)F)c(=O)[nH]c5=O)cc4Cl)ccc3O)C1C2. The summed E-state index contributed by atoms with van der Waals surface area (Å²) in [5.41, 5.74) is -4.28. The van der Waals surface area contributed by atoms with Crippen LogP contribution in [0.1, 0.15) is 25.0 Å². The molecule has 2 aliphatic carbocycles. The number of phenols is 1. The number of hydrogen-bond acceptors (Lipinski definition) is 8. The fourth-order valence-electron chi connectivity index (χ4n) is 4.42. The van der Waals surface area contributed by atoms with E-state index in [0.29, 0.717) is 17.5 Å². The third kappa shape index (κ3) is 4.41. The fourth-order valence-corrected chi connectivity index (χ4v) is 6.36. The monoisotopic (exact) mass is 585 g/mol. The van der Waals surface area contributed by atoms with E-state index in [9.17, 15) is 31.9 Å². The van der Waals surface area contributed by atoms with Crippen LogP contribution in [0.5, 0.6) is 17.2 Å². The van der Waals surface area contributed by atoms with Crippen molar-refractivity contribution in [1.29, 1.82) is 5.26 Å². The minimum atomic E-state index is -4.18. The van der Waals surface area contributed by atoms with Gasteiger partial charge in [-0.1, -0.05) is 23.2 Å². The summed E-state index contributed by atoms with van der Waals surface area (Å²) in [7, 11) is -4.18. The van der Waals surface area contributed by atoms with E-state index in [4.69, 9.17) is 33.2 Å². The topological polar surface area (TPSA) is 167 Å². The van der Waals surface area contributed by atoms with Gasteiger partial charge in [-0.25, -0.2) is 26.7 Å². The van der Waals surface area contributed by atoms with Crippen molar-refractivity contribution in [3.63, 3.8) is 0 Å². The van der Waals surface area contributed by atoms with E-state index in [1.54, 1.807) is 4.98 Å². The van der Waals surface area contributed by atoms with Crippen molar-refractivity contribution in [3.8, 4) is 29.0 Å². The third-order valence-corrected chi connectivity index (χ3v) is 8.54. The molecular formula is C22H15Cl2F2N5O6S. The van der Waals surface area contributed by atoms with Gasteiger partial charge in [0.25, 0.3) is 12.0 Å². The molecule has 0 aliphatic heterocycles. The highest BCUT2D eigenvalue weighted by molar-refractivity contribution is 7.89. The summed E-state index contributed by atoms with van der Waals surface area (Å²) >= 11 is 12.5. The summed E-state index contributed by atoms with van der Waals surface area (Å²) < 4.78 is 60.6. The maximum Gasteiger partial charge on any atom is 0.349 e. The van der Waals surface area contributed by atoms with Crippen LogP contribution in [0, 0.1) is 22.7 Å². The first-order valence-corrected chi connectivity index (χ1v) is 13.0. The number of rotatable bonds is 7. The number of aromatic hydroxyl groups is 1. The molecule has 3 unspecified atom stereocenters. The van der Waals surface area contributed by atoms with Crippen LogP contribution >= 0.6 is 23.2 Å². The second kappa shape index (κ2) is 9.05. The number of ether oxygens (including phenoxy) is 1. The van der Waals surface area contributed by atoms with Crippen LogP contribution in [0.15, 0.2) is 44.8 Å². The predicted octanol–water partition coefficient (Wildman–Crippen LogP) is 3.24. The van der Waals surface area contributed by atoms with Crippen molar-refractivity contribution in [2.75, 3.05) is 0 Å². The molecule has 11 nitrogen and oxygen atoms in total. The molecule has 2 saturated carbocycles. The first kappa shape index (κ1) is 26.1. The van der Waals surface area contributed by atoms with Gasteiger partial charge in [-0.05, 0) is 43.0 Å². The minimum absolute atomic E-state index is 0.0683. The number of fused-ring (bicyclic) bond motifs is 1. The summed E-state index contributed by atoms with van der Waals surface area (Å²) in [5, 5.41) is 22.3. The van der Waals surface area contributed by atoms with E-state index in [-0.39, 0.29) is 33.1 Å². The van der Waals surface area contributed by atoms with Crippen LogP contribution in [0.4, 0.5) is 8.78 Å². The lowest BCUT2D eigenvalue weighted by Gasteiger charge is -2.30. The van der Waals surface area contributed by atoms with Gasteiger partial charge in [0.1, 0.15) is 16.4 Å². The number of aromatic amines is 1. The Kier molecular flexibility index (Phi) is 6.22. The highest BCUT2D eigenvalue weighted by atomic mass is 35.5. The average molecular weight is 586 g/mol. The molecule has 2 aliphatic rings. The standard InChI is InChI=1S/C22H15Cl2F2N5O6S/c23-12-3-9(31-21(34)28-20(33)17(29-31)19(25)26)4-13(24)18(12)37-10-1-2-15(32)16(5-10)38(35,36)30-14-7-22(8-27)6-11(14)22/h1-5,11,14,19,30,32H,6-7H2,(H,28,33,34). The lowest BCUT2D eigenvalue weighted by atomic mass is 9.82. The van der Waals surface area contributed by atoms with Crippen LogP contribution in [0.3, 0.4) is 0 Å². The maximum atomic E-state index is 13.1. The van der Waals surface area contributed by atoms with E-state index >= 15 is 0 Å². The van der Waals surface area contributed by atoms with Crippen LogP contribution in [0.25, 0.3) is 5.69 Å². The molecule has 3 atom stereocenters. The van der Waals surface area contributed by atoms with Crippen molar-refractivity contribution in [2.24, 2.45) is 11.3 Å². The normalized spacial score (nSPS) is 21.9. The average Bonchev–Trinajstić information content (AvgIpc) is 3.45. The Bertz CT molecular complexity index is 1730. The summed E-state index contributed by atoms with van der Waals surface area (Å²) in [6, 6.07) is 7.38. The molecule has 38 heavy (non-hydrogen) atoms. The molecule has 3 aromatic rings. The number of nitriles is 1. The number of alkyl halides is 2. The Morgan fingerprint density at radius 3 is 2.50 bits per heavy atom. The Balaban J connectivity index is 1.42. The lowest BCUT2D eigenvalue weighted by molar-refractivity contribution is 0.141. The highest BCUT2D eigenvalue weighted by Crippen LogP contribution is 2.67. The predicted molar refractivity (Wildman–Crippen MR) is 128 cm³/mol. The van der Waals surface area contributed by atoms with Crippen LogP contribution in [-0.4, -0.2) is 34.3 Å². The van der Waals surface area contributed by atoms with Gasteiger partial charge >= 0.3 is 5.69 Å². The fraction of sp³-hybridized carbons (Fsp3) is 0.273. The number of sulfonamides is 1. The van der Waals surface area contributed by atoms with Crippen molar-refractivity contribution < 1.29 is 27.0 Å². The molecule has 2 aromatic carbocycles. The van der Waals surface area contributed by atoms with Crippen molar-refractivity contribution in [2.45, 2.75) is 30.2 Å². The minimum Gasteiger partial charge on any atom is -0.507 e. The van der Waals surface area contributed by atoms with Crippen molar-refractivity contribution in [3.05, 3.63) is 66.9 Å². The number of H-pyrrole nitrogens is 1. The highest BCUT2D eigenvalue weighted by Gasteiger charge is 2.68. The number of benzene rings is 2. The lowest BCUT2D eigenvalue weighted by Crippen LogP contribution is -2.45. The van der Waals surface area contributed by atoms with Gasteiger partial charge in [0, 0.05) is 12.1 Å². The van der Waals surface area contributed by atoms with Gasteiger partial charge in [-0.3, -0.25) is 9.78 Å². The summed E-state index contributed by atoms with van der Waals surface area (Å²) in [6.45, 7) is 0. The van der Waals surface area contributed by atoms with E-state index in [1.165, 1.54) is 6.07 Å². The van der Waals surface area contributed by atoms with Crippen molar-refractivity contribution in [1.82, 2.24) is 19.5 Å². The second-order valence-electron chi connectivity index (χ2n) is 8.84. The van der Waals surface area contributed by atoms with Gasteiger partial charge in [-0.2, -0.15) is 15.0 Å². The molecule has 0 spiro atoms. The summed E-state index contributed by atoms with van der Waals surface area (Å²) in [5.74, 6) is -0.870. The van der Waals surface area contributed by atoms with Gasteiger partial charge < -0.3 is 9.84 Å². The zero-order chi connectivity index (χ0) is 27.6. The Morgan fingerprint density at radius 2 is 1.92 bits per heavy atom. The quantitative estimate of drug-likeness (QED) is 0.379. The Labute approximate surface area is 222 Å². The van der Waals surface area contributed by atoms with E-state index in [2.05, 4.69) is 15.9 Å². The molecule has 1 heterocycles. The number of aromatic nitrogens is 3. The molecule has 3 N–H and O–H groups in total. The van der Waals surface area contributed by atoms with E-state index < -0.39 is 55.5 Å². The number of halogens is 4. The molecule has 1 aromatic heterocycles.